The first-order valence-electron chi connectivity index (χ1n) is 7.54. The highest BCUT2D eigenvalue weighted by Crippen LogP contribution is 2.12. The van der Waals surface area contributed by atoms with E-state index in [9.17, 15) is 4.79 Å². The highest BCUT2D eigenvalue weighted by Gasteiger charge is 2.20. The van der Waals surface area contributed by atoms with E-state index in [2.05, 4.69) is 10.6 Å². The minimum atomic E-state index is 0. The second-order valence-corrected chi connectivity index (χ2v) is 5.38. The normalized spacial score (nSPS) is 23.3. The smallest absolute Gasteiger partial charge is 0.223 e. The van der Waals surface area contributed by atoms with Gasteiger partial charge in [0.2, 0.25) is 5.91 Å². The van der Waals surface area contributed by atoms with Crippen molar-refractivity contribution >= 4 is 18.3 Å². The average molecular weight is 307 g/mol. The Bertz CT molecular complexity index is 267. The number of nitrogens with one attached hydrogen (secondary N) is 2. The van der Waals surface area contributed by atoms with Crippen LogP contribution in [0.4, 0.5) is 0 Å². The van der Waals surface area contributed by atoms with Gasteiger partial charge < -0.3 is 20.1 Å². The highest BCUT2D eigenvalue weighted by molar-refractivity contribution is 5.85. The van der Waals surface area contributed by atoms with E-state index in [-0.39, 0.29) is 24.2 Å². The molecule has 0 aromatic rings. The van der Waals surface area contributed by atoms with Crippen LogP contribution in [0.25, 0.3) is 0 Å². The molecule has 2 heterocycles. The summed E-state index contributed by atoms with van der Waals surface area (Å²) in [4.78, 5) is 11.8. The Kier molecular flexibility index (Phi) is 9.18. The molecule has 1 unspecified atom stereocenters. The summed E-state index contributed by atoms with van der Waals surface area (Å²) in [6.07, 6.45) is 5.36. The molecule has 0 aromatic carbocycles. The minimum absolute atomic E-state index is 0. The van der Waals surface area contributed by atoms with E-state index in [4.69, 9.17) is 9.47 Å². The monoisotopic (exact) mass is 306 g/mol. The molecule has 118 valence electrons. The molecule has 0 spiro atoms. The summed E-state index contributed by atoms with van der Waals surface area (Å²) in [5.41, 5.74) is 0. The van der Waals surface area contributed by atoms with Crippen LogP contribution in [0.2, 0.25) is 0 Å². The first-order valence-corrected chi connectivity index (χ1v) is 7.54. The van der Waals surface area contributed by atoms with Gasteiger partial charge in [-0.2, -0.15) is 0 Å². The van der Waals surface area contributed by atoms with Crippen LogP contribution in [0.15, 0.2) is 0 Å². The van der Waals surface area contributed by atoms with Crippen LogP contribution in [0, 0.1) is 5.92 Å². The van der Waals surface area contributed by atoms with Gasteiger partial charge in [-0.15, -0.1) is 12.4 Å². The molecule has 2 aliphatic heterocycles. The van der Waals surface area contributed by atoms with Crippen molar-refractivity contribution < 1.29 is 14.3 Å². The summed E-state index contributed by atoms with van der Waals surface area (Å²) in [5.74, 6) is 0.412. The number of carbonyl (C=O) groups is 1. The van der Waals surface area contributed by atoms with Crippen LogP contribution in [-0.2, 0) is 14.3 Å². The lowest BCUT2D eigenvalue weighted by molar-refractivity contribution is -0.125. The molecule has 0 aromatic heterocycles. The molecule has 0 bridgehead atoms. The number of hydrogen-bond acceptors (Lipinski definition) is 4. The molecule has 1 amide bonds. The number of ether oxygens (including phenoxy) is 2. The third-order valence-corrected chi connectivity index (χ3v) is 3.80. The Morgan fingerprint density at radius 1 is 1.30 bits per heavy atom. The number of halogens is 1. The van der Waals surface area contributed by atoms with Crippen LogP contribution in [0.3, 0.4) is 0 Å². The zero-order valence-corrected chi connectivity index (χ0v) is 12.9. The molecule has 20 heavy (non-hydrogen) atoms. The van der Waals surface area contributed by atoms with E-state index in [0.29, 0.717) is 25.9 Å². The predicted molar refractivity (Wildman–Crippen MR) is 80.3 cm³/mol. The van der Waals surface area contributed by atoms with E-state index >= 15 is 0 Å². The van der Waals surface area contributed by atoms with E-state index in [0.717, 1.165) is 51.8 Å². The number of amides is 1. The molecule has 1 atom stereocenters. The van der Waals surface area contributed by atoms with Gasteiger partial charge >= 0.3 is 0 Å². The van der Waals surface area contributed by atoms with Crippen LogP contribution in [-0.4, -0.2) is 51.5 Å². The first-order chi connectivity index (χ1) is 9.36. The van der Waals surface area contributed by atoms with Crippen molar-refractivity contribution in [1.82, 2.24) is 10.6 Å². The maximum absolute atomic E-state index is 11.8. The molecule has 0 aliphatic carbocycles. The lowest BCUT2D eigenvalue weighted by atomic mass is 9.97. The molecule has 0 radical (unpaired) electrons. The van der Waals surface area contributed by atoms with Crippen molar-refractivity contribution in [2.45, 2.75) is 38.2 Å². The molecular formula is C14H27ClN2O3. The van der Waals surface area contributed by atoms with Crippen molar-refractivity contribution in [2.24, 2.45) is 5.92 Å². The summed E-state index contributed by atoms with van der Waals surface area (Å²) in [5, 5.41) is 6.27. The standard InChI is InChI=1S/C14H26N2O3.ClH/c17-14(12-4-7-15-8-5-12)16-6-2-9-18-11-13-3-1-10-19-13;/h12-13,15H,1-11H2,(H,16,17);1H. The van der Waals surface area contributed by atoms with Gasteiger partial charge in [0, 0.05) is 25.7 Å². The van der Waals surface area contributed by atoms with Gasteiger partial charge in [0.25, 0.3) is 0 Å². The topological polar surface area (TPSA) is 59.6 Å². The van der Waals surface area contributed by atoms with Crippen LogP contribution >= 0.6 is 12.4 Å². The molecule has 6 heteroatoms. The number of piperidine rings is 1. The Morgan fingerprint density at radius 2 is 2.10 bits per heavy atom. The Morgan fingerprint density at radius 3 is 2.80 bits per heavy atom. The molecule has 2 saturated heterocycles. The van der Waals surface area contributed by atoms with Gasteiger partial charge in [-0.3, -0.25) is 4.79 Å². The summed E-state index contributed by atoms with van der Waals surface area (Å²) >= 11 is 0. The Labute approximate surface area is 127 Å². The van der Waals surface area contributed by atoms with Crippen LogP contribution in [0.1, 0.15) is 32.1 Å². The Balaban J connectivity index is 0.00000200. The van der Waals surface area contributed by atoms with E-state index < -0.39 is 0 Å². The maximum Gasteiger partial charge on any atom is 0.223 e. The van der Waals surface area contributed by atoms with Crippen LogP contribution in [0.5, 0.6) is 0 Å². The van der Waals surface area contributed by atoms with Gasteiger partial charge in [-0.1, -0.05) is 0 Å². The quantitative estimate of drug-likeness (QED) is 0.692. The molecular weight excluding hydrogens is 280 g/mol. The highest BCUT2D eigenvalue weighted by atomic mass is 35.5. The fraction of sp³-hybridized carbons (Fsp3) is 0.929. The third kappa shape index (κ3) is 6.39. The summed E-state index contributed by atoms with van der Waals surface area (Å²) in [7, 11) is 0. The lowest BCUT2D eigenvalue weighted by Gasteiger charge is -2.21. The van der Waals surface area contributed by atoms with Crippen molar-refractivity contribution in [3.63, 3.8) is 0 Å². The predicted octanol–water partition coefficient (Wildman–Crippen LogP) is 1.11. The average Bonchev–Trinajstić information content (AvgIpc) is 2.96. The van der Waals surface area contributed by atoms with Gasteiger partial charge in [-0.25, -0.2) is 0 Å². The fourth-order valence-corrected chi connectivity index (χ4v) is 2.60. The molecule has 2 N–H and O–H groups in total. The number of hydrogen-bond donors (Lipinski definition) is 2. The molecule has 5 nitrogen and oxygen atoms in total. The van der Waals surface area contributed by atoms with Gasteiger partial charge in [0.15, 0.2) is 0 Å². The zero-order chi connectivity index (χ0) is 13.3. The minimum Gasteiger partial charge on any atom is -0.379 e. The maximum atomic E-state index is 11.8. The Hall–Kier alpha value is -0.360. The van der Waals surface area contributed by atoms with E-state index in [1.165, 1.54) is 0 Å². The molecule has 0 saturated carbocycles. The van der Waals surface area contributed by atoms with Crippen molar-refractivity contribution in [3.8, 4) is 0 Å². The molecule has 2 rings (SSSR count). The summed E-state index contributed by atoms with van der Waals surface area (Å²) in [6, 6.07) is 0. The largest absolute Gasteiger partial charge is 0.379 e. The number of rotatable bonds is 7. The summed E-state index contributed by atoms with van der Waals surface area (Å²) in [6.45, 7) is 4.91. The van der Waals surface area contributed by atoms with Gasteiger partial charge in [-0.05, 0) is 45.2 Å². The summed E-state index contributed by atoms with van der Waals surface area (Å²) < 4.78 is 11.0. The fourth-order valence-electron chi connectivity index (χ4n) is 2.60. The van der Waals surface area contributed by atoms with Crippen molar-refractivity contribution in [3.05, 3.63) is 0 Å². The van der Waals surface area contributed by atoms with E-state index in [1.807, 2.05) is 0 Å². The lowest BCUT2D eigenvalue weighted by Crippen LogP contribution is -2.38. The SMILES string of the molecule is Cl.O=C(NCCCOCC1CCCO1)C1CCNCC1. The molecule has 2 aliphatic rings. The van der Waals surface area contributed by atoms with Crippen molar-refractivity contribution in [2.75, 3.05) is 39.5 Å². The number of carbonyl (C=O) groups excluding carboxylic acids is 1. The van der Waals surface area contributed by atoms with Gasteiger partial charge in [0.05, 0.1) is 12.7 Å². The van der Waals surface area contributed by atoms with Crippen molar-refractivity contribution in [1.29, 1.82) is 0 Å². The third-order valence-electron chi connectivity index (χ3n) is 3.80. The zero-order valence-electron chi connectivity index (χ0n) is 12.1. The first kappa shape index (κ1) is 17.7. The van der Waals surface area contributed by atoms with Crippen LogP contribution < -0.4 is 10.6 Å². The second kappa shape index (κ2) is 10.4. The van der Waals surface area contributed by atoms with Gasteiger partial charge in [0.1, 0.15) is 0 Å². The van der Waals surface area contributed by atoms with E-state index in [1.54, 1.807) is 0 Å². The molecule has 2 fully saturated rings. The second-order valence-electron chi connectivity index (χ2n) is 5.38.